The van der Waals surface area contributed by atoms with Gasteiger partial charge in [-0.2, -0.15) is 18.3 Å². The van der Waals surface area contributed by atoms with Crippen LogP contribution in [0.4, 0.5) is 13.2 Å². The second kappa shape index (κ2) is 5.73. The lowest BCUT2D eigenvalue weighted by Gasteiger charge is -2.15. The molecule has 0 saturated carbocycles. The molecule has 1 aliphatic heterocycles. The molecule has 2 atom stereocenters. The van der Waals surface area contributed by atoms with Gasteiger partial charge in [-0.1, -0.05) is 30.3 Å². The average Bonchev–Trinajstić information content (AvgIpc) is 3.07. The molecular formula is C15H17F3N4. The van der Waals surface area contributed by atoms with E-state index in [4.69, 9.17) is 5.73 Å². The number of aromatic nitrogens is 2. The Morgan fingerprint density at radius 3 is 2.59 bits per heavy atom. The van der Waals surface area contributed by atoms with E-state index in [1.807, 2.05) is 30.3 Å². The minimum absolute atomic E-state index is 0.0209. The number of alkyl halides is 3. The van der Waals surface area contributed by atoms with Crippen LogP contribution < -0.4 is 5.73 Å². The number of hydrogen-bond acceptors (Lipinski definition) is 3. The van der Waals surface area contributed by atoms with Crippen LogP contribution in [-0.4, -0.2) is 34.2 Å². The third-order valence-corrected chi connectivity index (χ3v) is 3.98. The molecule has 3 rings (SSSR count). The summed E-state index contributed by atoms with van der Waals surface area (Å²) in [6.45, 7) is 1.77. The first kappa shape index (κ1) is 15.1. The van der Waals surface area contributed by atoms with E-state index in [0.717, 1.165) is 18.2 Å². The predicted molar refractivity (Wildman–Crippen MR) is 76.0 cm³/mol. The Balaban J connectivity index is 1.66. The van der Waals surface area contributed by atoms with E-state index in [1.54, 1.807) is 0 Å². The van der Waals surface area contributed by atoms with Gasteiger partial charge >= 0.3 is 6.18 Å². The molecule has 0 bridgehead atoms. The molecule has 7 heteroatoms. The fourth-order valence-electron chi connectivity index (χ4n) is 2.92. The molecule has 118 valence electrons. The van der Waals surface area contributed by atoms with Crippen LogP contribution in [0.25, 0.3) is 0 Å². The van der Waals surface area contributed by atoms with E-state index >= 15 is 0 Å². The van der Waals surface area contributed by atoms with Gasteiger partial charge in [-0.3, -0.25) is 10.00 Å². The Hall–Kier alpha value is -1.86. The summed E-state index contributed by atoms with van der Waals surface area (Å²) < 4.78 is 37.6. The van der Waals surface area contributed by atoms with Crippen LogP contribution >= 0.6 is 0 Å². The van der Waals surface area contributed by atoms with Gasteiger partial charge in [0.15, 0.2) is 5.69 Å². The molecule has 1 saturated heterocycles. The molecule has 2 heterocycles. The number of halogens is 3. The molecule has 0 aliphatic carbocycles. The molecule has 22 heavy (non-hydrogen) atoms. The van der Waals surface area contributed by atoms with Crippen LogP contribution in [0, 0.1) is 0 Å². The second-order valence-electron chi connectivity index (χ2n) is 5.65. The first-order valence-corrected chi connectivity index (χ1v) is 7.08. The molecule has 0 spiro atoms. The molecule has 1 aliphatic rings. The van der Waals surface area contributed by atoms with Gasteiger partial charge in [0.1, 0.15) is 0 Å². The number of nitrogens with two attached hydrogens (primary N) is 1. The number of likely N-dealkylation sites (tertiary alicyclic amines) is 1. The summed E-state index contributed by atoms with van der Waals surface area (Å²) in [4.78, 5) is 2.05. The van der Waals surface area contributed by atoms with Crippen molar-refractivity contribution in [2.75, 3.05) is 13.1 Å². The monoisotopic (exact) mass is 310 g/mol. The van der Waals surface area contributed by atoms with Gasteiger partial charge in [-0.25, -0.2) is 0 Å². The summed E-state index contributed by atoms with van der Waals surface area (Å²) in [5.41, 5.74) is 6.92. The SMILES string of the molecule is N[C@@H]1CN(Cc2cc(C(F)(F)F)n[nH]2)C[C@H]1c1ccccc1. The first-order chi connectivity index (χ1) is 10.4. The highest BCUT2D eigenvalue weighted by Gasteiger charge is 2.35. The van der Waals surface area contributed by atoms with Gasteiger partial charge in [-0.05, 0) is 11.6 Å². The zero-order valence-electron chi connectivity index (χ0n) is 11.8. The van der Waals surface area contributed by atoms with Crippen LogP contribution in [0.1, 0.15) is 22.9 Å². The van der Waals surface area contributed by atoms with E-state index in [0.29, 0.717) is 18.8 Å². The third-order valence-electron chi connectivity index (χ3n) is 3.98. The van der Waals surface area contributed by atoms with Crippen molar-refractivity contribution < 1.29 is 13.2 Å². The van der Waals surface area contributed by atoms with E-state index in [9.17, 15) is 13.2 Å². The van der Waals surface area contributed by atoms with Crippen molar-refractivity contribution in [1.82, 2.24) is 15.1 Å². The maximum Gasteiger partial charge on any atom is 0.435 e. The zero-order chi connectivity index (χ0) is 15.7. The van der Waals surface area contributed by atoms with Gasteiger partial charge in [0.2, 0.25) is 0 Å². The Kier molecular flexibility index (Phi) is 3.92. The molecule has 0 unspecified atom stereocenters. The van der Waals surface area contributed by atoms with Crippen LogP contribution in [0.5, 0.6) is 0 Å². The van der Waals surface area contributed by atoms with Crippen molar-refractivity contribution in [3.05, 3.63) is 53.3 Å². The maximum absolute atomic E-state index is 12.5. The van der Waals surface area contributed by atoms with Crippen molar-refractivity contribution in [2.24, 2.45) is 5.73 Å². The third kappa shape index (κ3) is 3.15. The summed E-state index contributed by atoms with van der Waals surface area (Å²) >= 11 is 0. The van der Waals surface area contributed by atoms with Crippen molar-refractivity contribution in [3.8, 4) is 0 Å². The molecule has 1 aromatic carbocycles. The number of benzene rings is 1. The average molecular weight is 310 g/mol. The fourth-order valence-corrected chi connectivity index (χ4v) is 2.92. The standard InChI is InChI=1S/C15H17F3N4/c16-15(17,18)14-6-11(20-21-14)7-22-8-12(13(19)9-22)10-4-2-1-3-5-10/h1-6,12-13H,7-9,19H2,(H,20,21)/t12-,13+/m0/s1. The van der Waals surface area contributed by atoms with E-state index < -0.39 is 11.9 Å². The molecule has 1 aromatic heterocycles. The summed E-state index contributed by atoms with van der Waals surface area (Å²) in [6.07, 6.45) is -4.41. The van der Waals surface area contributed by atoms with Gasteiger partial charge < -0.3 is 5.73 Å². The topological polar surface area (TPSA) is 57.9 Å². The van der Waals surface area contributed by atoms with Crippen molar-refractivity contribution in [1.29, 1.82) is 0 Å². The van der Waals surface area contributed by atoms with Crippen LogP contribution in [-0.2, 0) is 12.7 Å². The molecule has 3 N–H and O–H groups in total. The smallest absolute Gasteiger partial charge is 0.326 e. The lowest BCUT2D eigenvalue weighted by molar-refractivity contribution is -0.141. The lowest BCUT2D eigenvalue weighted by Crippen LogP contribution is -2.28. The Bertz CT molecular complexity index is 623. The Morgan fingerprint density at radius 2 is 1.95 bits per heavy atom. The highest BCUT2D eigenvalue weighted by molar-refractivity contribution is 5.23. The van der Waals surface area contributed by atoms with Crippen LogP contribution in [0.3, 0.4) is 0 Å². The number of nitrogens with one attached hydrogen (secondary N) is 1. The highest BCUT2D eigenvalue weighted by Crippen LogP contribution is 2.30. The first-order valence-electron chi connectivity index (χ1n) is 7.08. The molecular weight excluding hydrogens is 293 g/mol. The maximum atomic E-state index is 12.5. The van der Waals surface area contributed by atoms with Crippen molar-refractivity contribution >= 4 is 0 Å². The zero-order valence-corrected chi connectivity index (χ0v) is 11.8. The van der Waals surface area contributed by atoms with Crippen LogP contribution in [0.15, 0.2) is 36.4 Å². The molecule has 1 fully saturated rings. The number of nitrogens with zero attached hydrogens (tertiary/aromatic N) is 2. The second-order valence-corrected chi connectivity index (χ2v) is 5.65. The summed E-state index contributed by atoms with van der Waals surface area (Å²) in [5, 5.41) is 5.77. The Labute approximate surface area is 126 Å². The van der Waals surface area contributed by atoms with Gasteiger partial charge in [0.25, 0.3) is 0 Å². The van der Waals surface area contributed by atoms with E-state index in [2.05, 4.69) is 15.1 Å². The molecule has 4 nitrogen and oxygen atoms in total. The van der Waals surface area contributed by atoms with Gasteiger partial charge in [0, 0.05) is 37.3 Å². The normalized spacial score (nSPS) is 23.1. The predicted octanol–water partition coefficient (Wildman–Crippen LogP) is 2.36. The fraction of sp³-hybridized carbons (Fsp3) is 0.400. The Morgan fingerprint density at radius 1 is 1.23 bits per heavy atom. The number of H-pyrrole nitrogens is 1. The van der Waals surface area contributed by atoms with Gasteiger partial charge in [0.05, 0.1) is 0 Å². The lowest BCUT2D eigenvalue weighted by atomic mass is 9.95. The van der Waals surface area contributed by atoms with Crippen molar-refractivity contribution in [3.63, 3.8) is 0 Å². The van der Waals surface area contributed by atoms with E-state index in [1.165, 1.54) is 0 Å². The summed E-state index contributed by atoms with van der Waals surface area (Å²) in [7, 11) is 0. The molecule has 0 radical (unpaired) electrons. The van der Waals surface area contributed by atoms with Crippen molar-refractivity contribution in [2.45, 2.75) is 24.7 Å². The van der Waals surface area contributed by atoms with Crippen LogP contribution in [0.2, 0.25) is 0 Å². The minimum atomic E-state index is -4.41. The summed E-state index contributed by atoms with van der Waals surface area (Å²) in [6, 6.07) is 11.0. The number of rotatable bonds is 3. The quantitative estimate of drug-likeness (QED) is 0.915. The van der Waals surface area contributed by atoms with E-state index in [-0.39, 0.29) is 12.0 Å². The summed E-state index contributed by atoms with van der Waals surface area (Å²) in [5.74, 6) is 0.200. The number of hydrogen-bond donors (Lipinski definition) is 2. The molecule has 2 aromatic rings. The minimum Gasteiger partial charge on any atom is -0.326 e. The number of aromatic amines is 1. The van der Waals surface area contributed by atoms with Gasteiger partial charge in [-0.15, -0.1) is 0 Å². The largest absolute Gasteiger partial charge is 0.435 e. The highest BCUT2D eigenvalue weighted by atomic mass is 19.4. The molecule has 0 amide bonds.